The van der Waals surface area contributed by atoms with E-state index in [1.54, 1.807) is 12.6 Å². The normalized spacial score (nSPS) is 14.3. The van der Waals surface area contributed by atoms with Crippen molar-refractivity contribution in [2.75, 3.05) is 38.2 Å². The van der Waals surface area contributed by atoms with Crippen LogP contribution in [-0.4, -0.2) is 49.1 Å². The van der Waals surface area contributed by atoms with Crippen LogP contribution in [0.1, 0.15) is 9.67 Å². The Kier molecular flexibility index (Phi) is 5.07. The molecule has 5 nitrogen and oxygen atoms in total. The van der Waals surface area contributed by atoms with Crippen LogP contribution in [0.25, 0.3) is 11.3 Å². The van der Waals surface area contributed by atoms with Gasteiger partial charge in [-0.25, -0.2) is 4.98 Å². The molecule has 4 rings (SSSR count). The number of benzene rings is 2. The molecule has 138 valence electrons. The molecule has 1 aliphatic rings. The monoisotopic (exact) mass is 379 g/mol. The Morgan fingerprint density at radius 1 is 1.00 bits per heavy atom. The summed E-state index contributed by atoms with van der Waals surface area (Å²) in [6.07, 6.45) is 0. The maximum absolute atomic E-state index is 13.1. The third-order valence-electron chi connectivity index (χ3n) is 4.80. The summed E-state index contributed by atoms with van der Waals surface area (Å²) in [5, 5.41) is 0. The van der Waals surface area contributed by atoms with E-state index in [9.17, 15) is 4.79 Å². The van der Waals surface area contributed by atoms with Gasteiger partial charge in [-0.15, -0.1) is 11.3 Å². The first kappa shape index (κ1) is 17.5. The van der Waals surface area contributed by atoms with E-state index in [4.69, 9.17) is 4.74 Å². The molecule has 27 heavy (non-hydrogen) atoms. The number of carbonyl (C=O) groups is 1. The Balaban J connectivity index is 1.48. The van der Waals surface area contributed by atoms with E-state index in [1.807, 2.05) is 53.4 Å². The Morgan fingerprint density at radius 2 is 1.70 bits per heavy atom. The number of hydrogen-bond donors (Lipinski definition) is 0. The van der Waals surface area contributed by atoms with Crippen LogP contribution >= 0.6 is 11.3 Å². The Bertz CT molecular complexity index is 918. The molecule has 0 unspecified atom stereocenters. The zero-order valence-electron chi connectivity index (χ0n) is 15.2. The zero-order valence-corrected chi connectivity index (χ0v) is 16.0. The fourth-order valence-electron chi connectivity index (χ4n) is 3.38. The van der Waals surface area contributed by atoms with Crippen molar-refractivity contribution in [2.24, 2.45) is 0 Å². The van der Waals surface area contributed by atoms with Gasteiger partial charge in [-0.1, -0.05) is 42.5 Å². The molecule has 1 aromatic heterocycles. The topological polar surface area (TPSA) is 45.7 Å². The molecule has 2 aromatic carbocycles. The summed E-state index contributed by atoms with van der Waals surface area (Å²) in [5.41, 5.74) is 4.59. The van der Waals surface area contributed by atoms with Crippen LogP contribution in [0.3, 0.4) is 0 Å². The third-order valence-corrected chi connectivity index (χ3v) is 5.62. The van der Waals surface area contributed by atoms with E-state index in [0.29, 0.717) is 18.0 Å². The fraction of sp³-hybridized carbons (Fsp3) is 0.238. The minimum atomic E-state index is 0.0658. The molecule has 2 heterocycles. The minimum absolute atomic E-state index is 0.0658. The lowest BCUT2D eigenvalue weighted by Gasteiger charge is -2.36. The molecule has 0 spiro atoms. The van der Waals surface area contributed by atoms with Crippen LogP contribution in [0.4, 0.5) is 5.69 Å². The molecular weight excluding hydrogens is 358 g/mol. The fourth-order valence-corrected chi connectivity index (χ4v) is 4.16. The summed E-state index contributed by atoms with van der Waals surface area (Å²) >= 11 is 1.41. The van der Waals surface area contributed by atoms with Crippen molar-refractivity contribution in [2.45, 2.75) is 0 Å². The highest BCUT2D eigenvalue weighted by atomic mass is 32.1. The van der Waals surface area contributed by atoms with Gasteiger partial charge in [0.1, 0.15) is 10.6 Å². The summed E-state index contributed by atoms with van der Waals surface area (Å²) in [5.74, 6) is 0.933. The molecule has 1 aliphatic heterocycles. The van der Waals surface area contributed by atoms with Gasteiger partial charge >= 0.3 is 0 Å². The van der Waals surface area contributed by atoms with Crippen molar-refractivity contribution in [3.8, 4) is 17.0 Å². The first-order chi connectivity index (χ1) is 13.3. The van der Waals surface area contributed by atoms with Crippen LogP contribution in [0.15, 0.2) is 60.1 Å². The van der Waals surface area contributed by atoms with Gasteiger partial charge in [-0.2, -0.15) is 0 Å². The molecular formula is C21H21N3O2S. The van der Waals surface area contributed by atoms with E-state index in [0.717, 1.165) is 35.8 Å². The molecule has 0 N–H and O–H groups in total. The predicted octanol–water partition coefficient (Wildman–Crippen LogP) is 3.78. The summed E-state index contributed by atoms with van der Waals surface area (Å²) in [6, 6.07) is 17.9. The molecule has 0 bridgehead atoms. The summed E-state index contributed by atoms with van der Waals surface area (Å²) in [6.45, 7) is 2.93. The quantitative estimate of drug-likeness (QED) is 0.692. The van der Waals surface area contributed by atoms with Crippen LogP contribution in [0.2, 0.25) is 0 Å². The number of amides is 1. The number of nitrogens with zero attached hydrogens (tertiary/aromatic N) is 3. The summed E-state index contributed by atoms with van der Waals surface area (Å²) in [7, 11) is 1.69. The first-order valence-corrected chi connectivity index (χ1v) is 9.82. The van der Waals surface area contributed by atoms with Gasteiger partial charge in [0.2, 0.25) is 0 Å². The summed E-state index contributed by atoms with van der Waals surface area (Å²) < 4.78 is 5.47. The Morgan fingerprint density at radius 3 is 2.44 bits per heavy atom. The highest BCUT2D eigenvalue weighted by Crippen LogP contribution is 2.30. The van der Waals surface area contributed by atoms with Gasteiger partial charge < -0.3 is 14.5 Å². The van der Waals surface area contributed by atoms with Crippen LogP contribution in [-0.2, 0) is 0 Å². The average molecular weight is 379 g/mol. The highest BCUT2D eigenvalue weighted by Gasteiger charge is 2.26. The number of rotatable bonds is 4. The number of ether oxygens (including phenoxy) is 1. The van der Waals surface area contributed by atoms with Gasteiger partial charge in [0.05, 0.1) is 24.0 Å². The van der Waals surface area contributed by atoms with Gasteiger partial charge in [-0.3, -0.25) is 4.79 Å². The Labute approximate surface area is 162 Å². The molecule has 3 aromatic rings. The third kappa shape index (κ3) is 3.53. The molecule has 0 atom stereocenters. The number of methoxy groups -OCH3 is 1. The predicted molar refractivity (Wildman–Crippen MR) is 109 cm³/mol. The van der Waals surface area contributed by atoms with E-state index in [1.165, 1.54) is 11.3 Å². The van der Waals surface area contributed by atoms with Gasteiger partial charge in [0, 0.05) is 31.7 Å². The van der Waals surface area contributed by atoms with Gasteiger partial charge in [0.15, 0.2) is 0 Å². The SMILES string of the molecule is COc1ccccc1N1CCN(C(=O)c2scnc2-c2ccccc2)CC1. The van der Waals surface area contributed by atoms with Crippen molar-refractivity contribution >= 4 is 22.9 Å². The number of piperazine rings is 1. The number of aromatic nitrogens is 1. The smallest absolute Gasteiger partial charge is 0.266 e. The van der Waals surface area contributed by atoms with Crippen molar-refractivity contribution in [3.05, 3.63) is 65.0 Å². The number of carbonyl (C=O) groups excluding carboxylic acids is 1. The molecule has 6 heteroatoms. The lowest BCUT2D eigenvalue weighted by molar-refractivity contribution is 0.0752. The second kappa shape index (κ2) is 7.80. The number of hydrogen-bond acceptors (Lipinski definition) is 5. The maximum atomic E-state index is 13.1. The van der Waals surface area contributed by atoms with Crippen molar-refractivity contribution in [1.82, 2.24) is 9.88 Å². The lowest BCUT2D eigenvalue weighted by Crippen LogP contribution is -2.48. The van der Waals surface area contributed by atoms with Crippen LogP contribution in [0.5, 0.6) is 5.75 Å². The molecule has 0 saturated carbocycles. The van der Waals surface area contributed by atoms with Gasteiger partial charge in [0.25, 0.3) is 5.91 Å². The standard InChI is InChI=1S/C21H21N3O2S/c1-26-18-10-6-5-9-17(18)23-11-13-24(14-12-23)21(25)20-19(22-15-27-20)16-7-3-2-4-8-16/h2-10,15H,11-14H2,1H3. The minimum Gasteiger partial charge on any atom is -0.495 e. The van der Waals surface area contributed by atoms with E-state index < -0.39 is 0 Å². The average Bonchev–Trinajstić information content (AvgIpc) is 3.24. The van der Waals surface area contributed by atoms with Gasteiger partial charge in [-0.05, 0) is 12.1 Å². The Hall–Kier alpha value is -2.86. The zero-order chi connectivity index (χ0) is 18.6. The number of thiazole rings is 1. The number of anilines is 1. The van der Waals surface area contributed by atoms with Crippen LogP contribution < -0.4 is 9.64 Å². The molecule has 1 amide bonds. The lowest BCUT2D eigenvalue weighted by atomic mass is 10.1. The largest absolute Gasteiger partial charge is 0.495 e. The van der Waals surface area contributed by atoms with Crippen molar-refractivity contribution in [1.29, 1.82) is 0 Å². The van der Waals surface area contributed by atoms with Crippen molar-refractivity contribution < 1.29 is 9.53 Å². The number of para-hydroxylation sites is 2. The molecule has 0 aliphatic carbocycles. The van der Waals surface area contributed by atoms with Crippen molar-refractivity contribution in [3.63, 3.8) is 0 Å². The second-order valence-electron chi connectivity index (χ2n) is 6.35. The maximum Gasteiger partial charge on any atom is 0.266 e. The highest BCUT2D eigenvalue weighted by molar-refractivity contribution is 7.12. The second-order valence-corrected chi connectivity index (χ2v) is 7.20. The van der Waals surface area contributed by atoms with E-state index >= 15 is 0 Å². The van der Waals surface area contributed by atoms with E-state index in [-0.39, 0.29) is 5.91 Å². The molecule has 0 radical (unpaired) electrons. The van der Waals surface area contributed by atoms with E-state index in [2.05, 4.69) is 16.0 Å². The molecule has 1 saturated heterocycles. The van der Waals surface area contributed by atoms with Crippen LogP contribution in [0, 0.1) is 0 Å². The first-order valence-electron chi connectivity index (χ1n) is 8.94. The molecule has 1 fully saturated rings. The summed E-state index contributed by atoms with van der Waals surface area (Å²) in [4.78, 5) is 22.4.